The maximum absolute atomic E-state index is 5.39. The molecule has 0 unspecified atom stereocenters. The van der Waals surface area contributed by atoms with Crippen molar-refractivity contribution in [1.82, 2.24) is 0 Å². The first-order valence-corrected chi connectivity index (χ1v) is 6.16. The molecule has 0 aromatic rings. The van der Waals surface area contributed by atoms with E-state index in [0.717, 1.165) is 0 Å². The van der Waals surface area contributed by atoms with Gasteiger partial charge in [-0.2, -0.15) is 0 Å². The van der Waals surface area contributed by atoms with Crippen LogP contribution in [0, 0.1) is 0 Å². The third-order valence-electron chi connectivity index (χ3n) is 2.95. The van der Waals surface area contributed by atoms with Crippen LogP contribution in [0.15, 0.2) is 12.7 Å². The second kappa shape index (κ2) is 7.05. The number of hydrogen-bond acceptors (Lipinski definition) is 1. The number of unbranched alkanes of at least 4 members (excludes halogenated alkanes) is 6. The van der Waals surface area contributed by atoms with Crippen molar-refractivity contribution in [3.63, 3.8) is 0 Å². The molecule has 1 aliphatic rings. The van der Waals surface area contributed by atoms with Crippen molar-refractivity contribution in [3.05, 3.63) is 12.7 Å². The quantitative estimate of drug-likeness (QED) is 0.307. The Morgan fingerprint density at radius 2 is 1.71 bits per heavy atom. The van der Waals surface area contributed by atoms with Gasteiger partial charge in [0.2, 0.25) is 0 Å². The van der Waals surface area contributed by atoms with E-state index in [1.807, 2.05) is 6.08 Å². The second-order valence-corrected chi connectivity index (χ2v) is 4.28. The first kappa shape index (κ1) is 11.8. The van der Waals surface area contributed by atoms with Gasteiger partial charge in [0.1, 0.15) is 6.10 Å². The van der Waals surface area contributed by atoms with Crippen molar-refractivity contribution in [2.24, 2.45) is 0 Å². The molecule has 1 nitrogen and oxygen atoms in total. The molecule has 1 fully saturated rings. The molecule has 0 bridgehead atoms. The Balaban J connectivity index is 1.75. The summed E-state index contributed by atoms with van der Waals surface area (Å²) in [4.78, 5) is 0. The zero-order chi connectivity index (χ0) is 10.2. The lowest BCUT2D eigenvalue weighted by Crippen LogP contribution is -1.90. The van der Waals surface area contributed by atoms with Gasteiger partial charge in [0.15, 0.2) is 0 Å². The number of hydrogen-bond donors (Lipinski definition) is 0. The van der Waals surface area contributed by atoms with Crippen LogP contribution in [0.3, 0.4) is 0 Å². The fraction of sp³-hybridized carbons (Fsp3) is 0.846. The highest BCUT2D eigenvalue weighted by atomic mass is 16.6. The number of ether oxygens (including phenoxy) is 1. The first-order chi connectivity index (χ1) is 6.88. The summed E-state index contributed by atoms with van der Waals surface area (Å²) in [5, 5.41) is 0. The van der Waals surface area contributed by atoms with Gasteiger partial charge >= 0.3 is 0 Å². The molecular weight excluding hydrogens is 172 g/mol. The minimum Gasteiger partial charge on any atom is -0.365 e. The Labute approximate surface area is 88.5 Å². The smallest absolute Gasteiger partial charge is 0.102 e. The van der Waals surface area contributed by atoms with Crippen molar-refractivity contribution in [1.29, 1.82) is 0 Å². The van der Waals surface area contributed by atoms with Gasteiger partial charge in [-0.1, -0.05) is 57.9 Å². The summed E-state index contributed by atoms with van der Waals surface area (Å²) in [6, 6.07) is 0. The largest absolute Gasteiger partial charge is 0.365 e. The van der Waals surface area contributed by atoms with Crippen LogP contribution in [-0.4, -0.2) is 12.2 Å². The molecule has 0 saturated carbocycles. The molecular formula is C13H24O. The average molecular weight is 196 g/mol. The summed E-state index contributed by atoms with van der Waals surface area (Å²) in [6.07, 6.45) is 13.8. The highest BCUT2D eigenvalue weighted by Gasteiger charge is 2.34. The number of rotatable bonds is 9. The van der Waals surface area contributed by atoms with E-state index in [1.54, 1.807) is 0 Å². The van der Waals surface area contributed by atoms with E-state index in [-0.39, 0.29) is 0 Å². The molecule has 0 spiro atoms. The molecule has 14 heavy (non-hydrogen) atoms. The van der Waals surface area contributed by atoms with Gasteiger partial charge in [-0.25, -0.2) is 0 Å². The monoisotopic (exact) mass is 196 g/mol. The lowest BCUT2D eigenvalue weighted by atomic mass is 10.1. The third kappa shape index (κ3) is 4.80. The molecule has 0 amide bonds. The SMILES string of the molecule is C=C[C@@H]1O[C@H]1CCCCCCCCC. The van der Waals surface area contributed by atoms with Crippen molar-refractivity contribution < 1.29 is 4.74 Å². The Hall–Kier alpha value is -0.300. The fourth-order valence-electron chi connectivity index (χ4n) is 1.90. The highest BCUT2D eigenvalue weighted by molar-refractivity contribution is 4.97. The zero-order valence-corrected chi connectivity index (χ0v) is 9.50. The Morgan fingerprint density at radius 1 is 1.07 bits per heavy atom. The van der Waals surface area contributed by atoms with Crippen LogP contribution in [0.5, 0.6) is 0 Å². The van der Waals surface area contributed by atoms with Crippen LogP contribution in [0.4, 0.5) is 0 Å². The molecule has 82 valence electrons. The normalized spacial score (nSPS) is 24.9. The van der Waals surface area contributed by atoms with E-state index >= 15 is 0 Å². The average Bonchev–Trinajstić information content (AvgIpc) is 2.95. The highest BCUT2D eigenvalue weighted by Crippen LogP contribution is 2.28. The van der Waals surface area contributed by atoms with Crippen LogP contribution < -0.4 is 0 Å². The molecule has 0 radical (unpaired) electrons. The Bertz CT molecular complexity index is 153. The maximum Gasteiger partial charge on any atom is 0.102 e. The molecule has 2 atom stereocenters. The van der Waals surface area contributed by atoms with E-state index in [1.165, 1.54) is 51.4 Å². The summed E-state index contributed by atoms with van der Waals surface area (Å²) in [5.41, 5.74) is 0. The van der Waals surface area contributed by atoms with E-state index < -0.39 is 0 Å². The molecule has 0 aliphatic carbocycles. The van der Waals surface area contributed by atoms with Crippen molar-refractivity contribution in [3.8, 4) is 0 Å². The predicted octanol–water partition coefficient (Wildman–Crippen LogP) is 4.08. The summed E-state index contributed by atoms with van der Waals surface area (Å²) < 4.78 is 5.39. The standard InChI is InChI=1S/C13H24O/c1-3-5-6-7-8-9-10-11-13-12(4-2)14-13/h4,12-13H,2-3,5-11H2,1H3/t12-,13-/m0/s1. The van der Waals surface area contributed by atoms with Crippen LogP contribution in [-0.2, 0) is 4.74 Å². The van der Waals surface area contributed by atoms with E-state index in [0.29, 0.717) is 12.2 Å². The van der Waals surface area contributed by atoms with Crippen molar-refractivity contribution >= 4 is 0 Å². The first-order valence-electron chi connectivity index (χ1n) is 6.16. The molecule has 1 rings (SSSR count). The summed E-state index contributed by atoms with van der Waals surface area (Å²) in [5.74, 6) is 0. The summed E-state index contributed by atoms with van der Waals surface area (Å²) >= 11 is 0. The number of epoxide rings is 1. The van der Waals surface area contributed by atoms with E-state index in [2.05, 4.69) is 13.5 Å². The molecule has 0 aromatic carbocycles. The van der Waals surface area contributed by atoms with Gasteiger partial charge in [-0.3, -0.25) is 0 Å². The Kier molecular flexibility index (Phi) is 5.93. The lowest BCUT2D eigenvalue weighted by molar-refractivity contribution is 0.372. The molecule has 0 aromatic heterocycles. The van der Waals surface area contributed by atoms with Crippen molar-refractivity contribution in [2.75, 3.05) is 0 Å². The van der Waals surface area contributed by atoms with E-state index in [9.17, 15) is 0 Å². The van der Waals surface area contributed by atoms with Crippen LogP contribution in [0.25, 0.3) is 0 Å². The topological polar surface area (TPSA) is 12.5 Å². The zero-order valence-electron chi connectivity index (χ0n) is 9.50. The van der Waals surface area contributed by atoms with Gasteiger partial charge < -0.3 is 4.74 Å². The second-order valence-electron chi connectivity index (χ2n) is 4.28. The minimum absolute atomic E-state index is 0.384. The van der Waals surface area contributed by atoms with Crippen LogP contribution >= 0.6 is 0 Å². The predicted molar refractivity (Wildman–Crippen MR) is 61.5 cm³/mol. The van der Waals surface area contributed by atoms with Gasteiger partial charge in [-0.15, -0.1) is 6.58 Å². The molecule has 1 saturated heterocycles. The van der Waals surface area contributed by atoms with Crippen LogP contribution in [0.1, 0.15) is 58.3 Å². The van der Waals surface area contributed by atoms with E-state index in [4.69, 9.17) is 4.74 Å². The fourth-order valence-corrected chi connectivity index (χ4v) is 1.90. The van der Waals surface area contributed by atoms with Gasteiger partial charge in [0, 0.05) is 0 Å². The molecule has 1 heteroatoms. The van der Waals surface area contributed by atoms with Gasteiger partial charge in [0.05, 0.1) is 6.10 Å². The van der Waals surface area contributed by atoms with Gasteiger partial charge in [-0.05, 0) is 6.42 Å². The summed E-state index contributed by atoms with van der Waals surface area (Å²) in [6.45, 7) is 5.99. The maximum atomic E-state index is 5.39. The van der Waals surface area contributed by atoms with Crippen LogP contribution in [0.2, 0.25) is 0 Å². The molecule has 0 N–H and O–H groups in total. The Morgan fingerprint density at radius 3 is 2.29 bits per heavy atom. The molecule has 1 heterocycles. The van der Waals surface area contributed by atoms with Crippen molar-refractivity contribution in [2.45, 2.75) is 70.5 Å². The lowest BCUT2D eigenvalue weighted by Gasteiger charge is -1.99. The summed E-state index contributed by atoms with van der Waals surface area (Å²) in [7, 11) is 0. The molecule has 1 aliphatic heterocycles. The van der Waals surface area contributed by atoms with Gasteiger partial charge in [0.25, 0.3) is 0 Å². The minimum atomic E-state index is 0.384. The third-order valence-corrected chi connectivity index (χ3v) is 2.95.